The Morgan fingerprint density at radius 3 is 2.10 bits per heavy atom. The van der Waals surface area contributed by atoms with Gasteiger partial charge < -0.3 is 10.5 Å². The van der Waals surface area contributed by atoms with Gasteiger partial charge in [0, 0.05) is 10.4 Å². The smallest absolute Gasteiger partial charge is 0.252 e. The normalized spacial score (nSPS) is 27.3. The third kappa shape index (κ3) is 2.90. The van der Waals surface area contributed by atoms with Crippen molar-refractivity contribution in [2.45, 2.75) is 58.2 Å². The second-order valence-electron chi connectivity index (χ2n) is 9.76. The standard InChI is InChI=1S/C24H26N2O4S/c1-11-16(12-5-7-13(8-6-12)24(2,3)4)19(20(25)27)23(31-11)26-21(28)17-14-9-10-15(30-14)18(17)22(26)29/h5-8,14-15,17-18H,9-10H2,1-4H3,(H2,25,27)/t14-,15-,17+,18+/m1/s1. The van der Waals surface area contributed by atoms with Crippen molar-refractivity contribution in [1.82, 2.24) is 0 Å². The predicted molar refractivity (Wildman–Crippen MR) is 119 cm³/mol. The number of ether oxygens (including phenoxy) is 1. The van der Waals surface area contributed by atoms with Crippen molar-refractivity contribution < 1.29 is 19.1 Å². The van der Waals surface area contributed by atoms with E-state index in [4.69, 9.17) is 10.5 Å². The molecule has 3 amide bonds. The van der Waals surface area contributed by atoms with E-state index in [0.717, 1.165) is 23.3 Å². The number of hydrogen-bond donors (Lipinski definition) is 1. The summed E-state index contributed by atoms with van der Waals surface area (Å²) in [5, 5.41) is 0.351. The monoisotopic (exact) mass is 438 g/mol. The minimum absolute atomic E-state index is 0.00744. The zero-order valence-corrected chi connectivity index (χ0v) is 18.9. The molecule has 1 aromatic heterocycles. The molecule has 3 aliphatic heterocycles. The van der Waals surface area contributed by atoms with E-state index in [1.54, 1.807) is 0 Å². The van der Waals surface area contributed by atoms with Gasteiger partial charge in [0.2, 0.25) is 11.8 Å². The molecule has 6 nitrogen and oxygen atoms in total. The Balaban J connectivity index is 1.60. The third-order valence-electron chi connectivity index (χ3n) is 6.84. The lowest BCUT2D eigenvalue weighted by Crippen LogP contribution is -2.35. The van der Waals surface area contributed by atoms with Crippen LogP contribution in [-0.4, -0.2) is 29.9 Å². The molecule has 0 aliphatic carbocycles. The number of benzene rings is 1. The Bertz CT molecular complexity index is 1080. The molecule has 31 heavy (non-hydrogen) atoms. The van der Waals surface area contributed by atoms with Crippen molar-refractivity contribution in [3.05, 3.63) is 40.3 Å². The molecule has 2 N–H and O–H groups in total. The number of fused-ring (bicyclic) bond motifs is 5. The number of rotatable bonds is 3. The summed E-state index contributed by atoms with van der Waals surface area (Å²) >= 11 is 1.28. The number of nitrogens with zero attached hydrogens (tertiary/aromatic N) is 1. The van der Waals surface area contributed by atoms with Gasteiger partial charge in [0.15, 0.2) is 0 Å². The van der Waals surface area contributed by atoms with E-state index in [9.17, 15) is 14.4 Å². The topological polar surface area (TPSA) is 89.7 Å². The number of amides is 3. The number of thiophene rings is 1. The lowest BCUT2D eigenvalue weighted by Gasteiger charge is -2.19. The summed E-state index contributed by atoms with van der Waals surface area (Å²) in [6.45, 7) is 8.32. The van der Waals surface area contributed by atoms with Crippen LogP contribution >= 0.6 is 11.3 Å². The largest absolute Gasteiger partial charge is 0.373 e. The Labute approximate surface area is 185 Å². The summed E-state index contributed by atoms with van der Waals surface area (Å²) in [6, 6.07) is 8.04. The van der Waals surface area contributed by atoms with Gasteiger partial charge in [-0.3, -0.25) is 14.4 Å². The van der Waals surface area contributed by atoms with Crippen LogP contribution in [0, 0.1) is 18.8 Å². The summed E-state index contributed by atoms with van der Waals surface area (Å²) in [5.74, 6) is -2.04. The van der Waals surface area contributed by atoms with Crippen LogP contribution < -0.4 is 10.6 Å². The van der Waals surface area contributed by atoms with E-state index in [1.165, 1.54) is 21.8 Å². The number of anilines is 1. The van der Waals surface area contributed by atoms with E-state index < -0.39 is 17.7 Å². The van der Waals surface area contributed by atoms with Crippen molar-refractivity contribution in [2.24, 2.45) is 17.6 Å². The SMILES string of the molecule is Cc1sc(N2C(=O)[C@@H]3[C@@H](C2=O)[C@H]2CC[C@H]3O2)c(C(N)=O)c1-c1ccc(C(C)(C)C)cc1. The number of imide groups is 1. The Kier molecular flexibility index (Phi) is 4.44. The van der Waals surface area contributed by atoms with Crippen molar-refractivity contribution >= 4 is 34.1 Å². The maximum Gasteiger partial charge on any atom is 0.252 e. The second kappa shape index (κ2) is 6.74. The van der Waals surface area contributed by atoms with Gasteiger partial charge in [-0.2, -0.15) is 0 Å². The molecule has 0 saturated carbocycles. The van der Waals surface area contributed by atoms with Crippen molar-refractivity contribution in [3.63, 3.8) is 0 Å². The van der Waals surface area contributed by atoms with Gasteiger partial charge in [0.25, 0.3) is 5.91 Å². The van der Waals surface area contributed by atoms with Crippen LogP contribution in [0.4, 0.5) is 5.00 Å². The van der Waals surface area contributed by atoms with Crippen LogP contribution in [0.1, 0.15) is 54.4 Å². The van der Waals surface area contributed by atoms with Crippen LogP contribution in [0.2, 0.25) is 0 Å². The van der Waals surface area contributed by atoms with Gasteiger partial charge in [0.05, 0.1) is 29.6 Å². The molecule has 3 aliphatic rings. The van der Waals surface area contributed by atoms with E-state index in [-0.39, 0.29) is 35.0 Å². The van der Waals surface area contributed by atoms with Crippen molar-refractivity contribution in [1.29, 1.82) is 0 Å². The molecule has 1 aromatic carbocycles. The molecule has 4 atom stereocenters. The zero-order chi connectivity index (χ0) is 22.2. The average Bonchev–Trinajstić information content (AvgIpc) is 3.43. The fourth-order valence-electron chi connectivity index (χ4n) is 5.31. The van der Waals surface area contributed by atoms with Crippen LogP contribution in [0.3, 0.4) is 0 Å². The summed E-state index contributed by atoms with van der Waals surface area (Å²) < 4.78 is 5.82. The first-order valence-electron chi connectivity index (χ1n) is 10.7. The molecule has 2 aromatic rings. The van der Waals surface area contributed by atoms with Crippen molar-refractivity contribution in [2.75, 3.05) is 4.90 Å². The highest BCUT2D eigenvalue weighted by Gasteiger charge is 2.63. The summed E-state index contributed by atoms with van der Waals surface area (Å²) in [7, 11) is 0. The van der Waals surface area contributed by atoms with Gasteiger partial charge in [-0.1, -0.05) is 45.0 Å². The van der Waals surface area contributed by atoms with Gasteiger partial charge in [-0.15, -0.1) is 11.3 Å². The molecule has 0 unspecified atom stereocenters. The molecular formula is C24H26N2O4S. The average molecular weight is 439 g/mol. The van der Waals surface area contributed by atoms with E-state index >= 15 is 0 Å². The van der Waals surface area contributed by atoms with E-state index in [0.29, 0.717) is 10.6 Å². The van der Waals surface area contributed by atoms with Crippen LogP contribution in [0.5, 0.6) is 0 Å². The number of hydrogen-bond acceptors (Lipinski definition) is 5. The van der Waals surface area contributed by atoms with E-state index in [2.05, 4.69) is 20.8 Å². The highest BCUT2D eigenvalue weighted by atomic mass is 32.1. The fraction of sp³-hybridized carbons (Fsp3) is 0.458. The highest BCUT2D eigenvalue weighted by molar-refractivity contribution is 7.17. The van der Waals surface area contributed by atoms with Crippen LogP contribution in [0.15, 0.2) is 24.3 Å². The summed E-state index contributed by atoms with van der Waals surface area (Å²) in [4.78, 5) is 41.1. The molecule has 3 fully saturated rings. The van der Waals surface area contributed by atoms with Gasteiger partial charge in [-0.25, -0.2) is 4.90 Å². The first-order chi connectivity index (χ1) is 14.6. The minimum atomic E-state index is -0.633. The summed E-state index contributed by atoms with van der Waals surface area (Å²) in [5.41, 5.74) is 8.79. The first-order valence-corrected chi connectivity index (χ1v) is 11.5. The molecule has 2 bridgehead atoms. The van der Waals surface area contributed by atoms with Gasteiger partial charge >= 0.3 is 0 Å². The fourth-order valence-corrected chi connectivity index (χ4v) is 6.50. The number of carbonyl (C=O) groups is 3. The third-order valence-corrected chi connectivity index (χ3v) is 7.93. The number of carbonyl (C=O) groups excluding carboxylic acids is 3. The number of nitrogens with two attached hydrogens (primary N) is 1. The Morgan fingerprint density at radius 1 is 1.06 bits per heavy atom. The molecular weight excluding hydrogens is 412 g/mol. The predicted octanol–water partition coefficient (Wildman–Crippen LogP) is 3.79. The van der Waals surface area contributed by atoms with Gasteiger partial charge in [-0.05, 0) is 36.3 Å². The second-order valence-corrected chi connectivity index (χ2v) is 11.0. The number of primary amides is 1. The quantitative estimate of drug-likeness (QED) is 0.739. The van der Waals surface area contributed by atoms with Crippen molar-refractivity contribution in [3.8, 4) is 11.1 Å². The lowest BCUT2D eigenvalue weighted by atomic mass is 9.81. The zero-order valence-electron chi connectivity index (χ0n) is 18.1. The van der Waals surface area contributed by atoms with Crippen LogP contribution in [0.25, 0.3) is 11.1 Å². The molecule has 0 radical (unpaired) electrons. The molecule has 5 rings (SSSR count). The van der Waals surface area contributed by atoms with E-state index in [1.807, 2.05) is 31.2 Å². The Morgan fingerprint density at radius 2 is 1.61 bits per heavy atom. The van der Waals surface area contributed by atoms with Crippen LogP contribution in [-0.2, 0) is 19.7 Å². The maximum absolute atomic E-state index is 13.3. The molecule has 0 spiro atoms. The first kappa shape index (κ1) is 20.4. The summed E-state index contributed by atoms with van der Waals surface area (Å²) in [6.07, 6.45) is 1.21. The molecule has 3 saturated heterocycles. The lowest BCUT2D eigenvalue weighted by molar-refractivity contribution is -0.124. The minimum Gasteiger partial charge on any atom is -0.373 e. The molecule has 4 heterocycles. The number of aryl methyl sites for hydroxylation is 1. The van der Waals surface area contributed by atoms with Gasteiger partial charge in [0.1, 0.15) is 5.00 Å². The molecule has 7 heteroatoms. The Hall–Kier alpha value is -2.51. The maximum atomic E-state index is 13.3. The highest BCUT2D eigenvalue weighted by Crippen LogP contribution is 2.52. The molecule has 162 valence electrons.